The van der Waals surface area contributed by atoms with E-state index >= 15 is 0 Å². The third kappa shape index (κ3) is 3.80. The van der Waals surface area contributed by atoms with Crippen LogP contribution >= 0.6 is 11.3 Å². The lowest BCUT2D eigenvalue weighted by atomic mass is 10.0. The van der Waals surface area contributed by atoms with E-state index in [0.717, 1.165) is 32.3 Å². The number of thiophene rings is 1. The highest BCUT2D eigenvalue weighted by Crippen LogP contribution is 2.50. The molecule has 0 fully saturated rings. The molecule has 1 aromatic heterocycles. The normalized spacial score (nSPS) is 11.4. The maximum absolute atomic E-state index is 10.9. The Morgan fingerprint density at radius 3 is 2.28 bits per heavy atom. The van der Waals surface area contributed by atoms with Gasteiger partial charge in [0.05, 0.1) is 10.4 Å². The van der Waals surface area contributed by atoms with Gasteiger partial charge in [-0.3, -0.25) is 0 Å². The smallest absolute Gasteiger partial charge is 0.144 e. The number of aromatic hydroxyl groups is 1. The van der Waals surface area contributed by atoms with E-state index in [1.54, 1.807) is 11.3 Å². The van der Waals surface area contributed by atoms with Gasteiger partial charge in [0.2, 0.25) is 0 Å². The van der Waals surface area contributed by atoms with Crippen molar-refractivity contribution in [3.63, 3.8) is 0 Å². The summed E-state index contributed by atoms with van der Waals surface area (Å²) in [5.41, 5.74) is 2.48. The van der Waals surface area contributed by atoms with Crippen LogP contribution in [0, 0.1) is 0 Å². The molecule has 0 radical (unpaired) electrons. The van der Waals surface area contributed by atoms with Gasteiger partial charge < -0.3 is 15.2 Å². The van der Waals surface area contributed by atoms with E-state index in [-0.39, 0.29) is 5.60 Å². The Labute approximate surface area is 152 Å². The minimum absolute atomic E-state index is 0.268. The van der Waals surface area contributed by atoms with Crippen LogP contribution in [0.15, 0.2) is 54.6 Å². The fourth-order valence-corrected chi connectivity index (χ4v) is 3.80. The average molecular weight is 353 g/mol. The van der Waals surface area contributed by atoms with Gasteiger partial charge in [0, 0.05) is 7.05 Å². The van der Waals surface area contributed by atoms with Crippen molar-refractivity contribution in [1.29, 1.82) is 0 Å². The van der Waals surface area contributed by atoms with E-state index in [2.05, 4.69) is 5.32 Å². The minimum Gasteiger partial charge on any atom is -0.506 e. The van der Waals surface area contributed by atoms with Crippen molar-refractivity contribution in [3.8, 4) is 33.1 Å². The van der Waals surface area contributed by atoms with E-state index in [1.807, 2.05) is 82.4 Å². The fraction of sp³-hybridized carbons (Fsp3) is 0.238. The van der Waals surface area contributed by atoms with Gasteiger partial charge >= 0.3 is 0 Å². The van der Waals surface area contributed by atoms with Crippen LogP contribution in [0.3, 0.4) is 0 Å². The molecular weight excluding hydrogens is 330 g/mol. The van der Waals surface area contributed by atoms with Gasteiger partial charge in [0.25, 0.3) is 0 Å². The molecule has 2 aromatic carbocycles. The largest absolute Gasteiger partial charge is 0.506 e. The SMILES string of the molecule is CNc1sc(-c2ccccc2)c(O)c1-c1cccc(OC(C)(C)C)c1. The van der Waals surface area contributed by atoms with Crippen LogP contribution in [0.25, 0.3) is 21.6 Å². The number of benzene rings is 2. The lowest BCUT2D eigenvalue weighted by Crippen LogP contribution is -2.22. The van der Waals surface area contributed by atoms with Crippen molar-refractivity contribution < 1.29 is 9.84 Å². The molecular formula is C21H23NO2S. The maximum atomic E-state index is 10.9. The van der Waals surface area contributed by atoms with Crippen LogP contribution in [0.5, 0.6) is 11.5 Å². The van der Waals surface area contributed by atoms with Crippen molar-refractivity contribution >= 4 is 16.3 Å². The van der Waals surface area contributed by atoms with Crippen molar-refractivity contribution in [2.45, 2.75) is 26.4 Å². The molecule has 3 aromatic rings. The van der Waals surface area contributed by atoms with Crippen LogP contribution in [-0.4, -0.2) is 17.8 Å². The average Bonchev–Trinajstić information content (AvgIpc) is 2.91. The van der Waals surface area contributed by atoms with E-state index in [4.69, 9.17) is 4.74 Å². The number of nitrogens with one attached hydrogen (secondary N) is 1. The van der Waals surface area contributed by atoms with Crippen LogP contribution in [0.4, 0.5) is 5.00 Å². The Bertz CT molecular complexity index is 863. The Hall–Kier alpha value is -2.46. The van der Waals surface area contributed by atoms with Crippen molar-refractivity contribution in [3.05, 3.63) is 54.6 Å². The highest BCUT2D eigenvalue weighted by Gasteiger charge is 2.20. The van der Waals surface area contributed by atoms with Gasteiger partial charge in [-0.05, 0) is 44.0 Å². The second-order valence-corrected chi connectivity index (χ2v) is 7.86. The third-order valence-corrected chi connectivity index (χ3v) is 4.94. The molecule has 3 nitrogen and oxygen atoms in total. The predicted molar refractivity (Wildman–Crippen MR) is 107 cm³/mol. The van der Waals surface area contributed by atoms with Crippen LogP contribution in [0.1, 0.15) is 20.8 Å². The predicted octanol–water partition coefficient (Wildman–Crippen LogP) is 6.01. The summed E-state index contributed by atoms with van der Waals surface area (Å²) in [6, 6.07) is 17.8. The highest BCUT2D eigenvalue weighted by atomic mass is 32.1. The molecule has 0 aliphatic heterocycles. The van der Waals surface area contributed by atoms with Gasteiger partial charge in [0.15, 0.2) is 0 Å². The molecule has 0 saturated heterocycles. The fourth-order valence-electron chi connectivity index (χ4n) is 2.72. The summed E-state index contributed by atoms with van der Waals surface area (Å²) in [5.74, 6) is 1.09. The van der Waals surface area contributed by atoms with Crippen molar-refractivity contribution in [2.75, 3.05) is 12.4 Å². The molecule has 0 aliphatic rings. The van der Waals surface area contributed by atoms with Gasteiger partial charge in [-0.1, -0.05) is 42.5 Å². The molecule has 0 aliphatic carbocycles. The second-order valence-electron chi connectivity index (χ2n) is 6.84. The van der Waals surface area contributed by atoms with Crippen LogP contribution in [0.2, 0.25) is 0 Å². The molecule has 1 heterocycles. The van der Waals surface area contributed by atoms with Gasteiger partial charge in [0.1, 0.15) is 22.1 Å². The second kappa shape index (κ2) is 6.81. The molecule has 2 N–H and O–H groups in total. The molecule has 0 atom stereocenters. The van der Waals surface area contributed by atoms with E-state index < -0.39 is 0 Å². The molecule has 0 saturated carbocycles. The van der Waals surface area contributed by atoms with Crippen LogP contribution < -0.4 is 10.1 Å². The zero-order valence-corrected chi connectivity index (χ0v) is 15.8. The van der Waals surface area contributed by atoms with Gasteiger partial charge in [-0.2, -0.15) is 0 Å². The first-order valence-corrected chi connectivity index (χ1v) is 9.09. The van der Waals surface area contributed by atoms with Gasteiger partial charge in [-0.15, -0.1) is 11.3 Å². The Morgan fingerprint density at radius 2 is 1.64 bits per heavy atom. The summed E-state index contributed by atoms with van der Waals surface area (Å²) in [7, 11) is 1.87. The Kier molecular flexibility index (Phi) is 4.73. The number of ether oxygens (including phenoxy) is 1. The first-order valence-electron chi connectivity index (χ1n) is 8.27. The summed E-state index contributed by atoms with van der Waals surface area (Å²) in [5, 5.41) is 15.0. The highest BCUT2D eigenvalue weighted by molar-refractivity contribution is 7.20. The molecule has 0 spiro atoms. The lowest BCUT2D eigenvalue weighted by Gasteiger charge is -2.21. The van der Waals surface area contributed by atoms with Crippen molar-refractivity contribution in [1.82, 2.24) is 0 Å². The van der Waals surface area contributed by atoms with Gasteiger partial charge in [-0.25, -0.2) is 0 Å². The summed E-state index contributed by atoms with van der Waals surface area (Å²) in [4.78, 5) is 0.863. The first kappa shape index (κ1) is 17.4. The number of rotatable bonds is 4. The molecule has 130 valence electrons. The summed E-state index contributed by atoms with van der Waals surface area (Å²) in [6.45, 7) is 6.07. The molecule has 0 bridgehead atoms. The summed E-state index contributed by atoms with van der Waals surface area (Å²) in [6.07, 6.45) is 0. The maximum Gasteiger partial charge on any atom is 0.144 e. The number of hydrogen-bond acceptors (Lipinski definition) is 4. The standard InChI is InChI=1S/C21H23NO2S/c1-21(2,3)24-16-12-8-11-15(13-16)17-18(23)19(25-20(17)22-4)14-9-6-5-7-10-14/h5-13,22-23H,1-4H3. The van der Waals surface area contributed by atoms with E-state index in [9.17, 15) is 5.11 Å². The van der Waals surface area contributed by atoms with E-state index in [1.165, 1.54) is 0 Å². The third-order valence-electron chi connectivity index (χ3n) is 3.69. The monoisotopic (exact) mass is 353 g/mol. The zero-order chi connectivity index (χ0) is 18.0. The topological polar surface area (TPSA) is 41.5 Å². The summed E-state index contributed by atoms with van der Waals surface area (Å²) < 4.78 is 5.97. The lowest BCUT2D eigenvalue weighted by molar-refractivity contribution is 0.131. The minimum atomic E-state index is -0.268. The first-order chi connectivity index (χ1) is 11.9. The molecule has 0 unspecified atom stereocenters. The Morgan fingerprint density at radius 1 is 0.960 bits per heavy atom. The zero-order valence-electron chi connectivity index (χ0n) is 15.0. The Balaban J connectivity index is 2.09. The van der Waals surface area contributed by atoms with Crippen molar-refractivity contribution in [2.24, 2.45) is 0 Å². The number of hydrogen-bond donors (Lipinski definition) is 2. The summed E-state index contributed by atoms with van der Waals surface area (Å²) >= 11 is 1.55. The number of anilines is 1. The molecule has 4 heteroatoms. The van der Waals surface area contributed by atoms with Crippen LogP contribution in [-0.2, 0) is 0 Å². The molecule has 3 rings (SSSR count). The van der Waals surface area contributed by atoms with E-state index in [0.29, 0.717) is 5.75 Å². The molecule has 25 heavy (non-hydrogen) atoms. The molecule has 0 amide bonds. The quantitative estimate of drug-likeness (QED) is 0.604.